The fourth-order valence-electron chi connectivity index (χ4n) is 4.65. The van der Waals surface area contributed by atoms with E-state index < -0.39 is 16.1 Å². The third kappa shape index (κ3) is 6.75. The number of hydrogen-bond donors (Lipinski definition) is 2. The van der Waals surface area contributed by atoms with Crippen molar-refractivity contribution in [1.29, 1.82) is 0 Å². The first-order chi connectivity index (χ1) is 19.0. The Balaban J connectivity index is 1.60. The highest BCUT2D eigenvalue weighted by molar-refractivity contribution is 7.92. The van der Waals surface area contributed by atoms with Crippen molar-refractivity contribution in [2.75, 3.05) is 38.6 Å². The number of rotatable bonds is 10. The summed E-state index contributed by atoms with van der Waals surface area (Å²) in [6.45, 7) is 5.24. The molecule has 1 aliphatic heterocycles. The summed E-state index contributed by atoms with van der Waals surface area (Å²) in [4.78, 5) is 21.4. The van der Waals surface area contributed by atoms with Crippen molar-refractivity contribution in [2.24, 2.45) is 13.0 Å². The third-order valence-corrected chi connectivity index (χ3v) is 8.24. The molecule has 3 aromatic rings. The van der Waals surface area contributed by atoms with E-state index in [2.05, 4.69) is 14.6 Å². The number of ether oxygens (including phenoxy) is 2. The van der Waals surface area contributed by atoms with Crippen molar-refractivity contribution in [3.05, 3.63) is 66.1 Å². The molecule has 0 bridgehead atoms. The summed E-state index contributed by atoms with van der Waals surface area (Å²) in [6.07, 6.45) is 2.51. The van der Waals surface area contributed by atoms with Crippen LogP contribution in [0.1, 0.15) is 29.8 Å². The van der Waals surface area contributed by atoms with E-state index in [-0.39, 0.29) is 40.8 Å². The number of fused-ring (bicyclic) bond motifs is 1. The number of imidazole rings is 1. The van der Waals surface area contributed by atoms with Crippen molar-refractivity contribution < 1.29 is 27.8 Å². The summed E-state index contributed by atoms with van der Waals surface area (Å²) < 4.78 is 41.4. The van der Waals surface area contributed by atoms with Gasteiger partial charge in [-0.1, -0.05) is 19.1 Å². The fourth-order valence-corrected chi connectivity index (χ4v) is 5.69. The molecular formula is C28H37N5O6S. The van der Waals surface area contributed by atoms with Gasteiger partial charge < -0.3 is 24.0 Å². The molecule has 3 atom stereocenters. The van der Waals surface area contributed by atoms with Gasteiger partial charge in [0, 0.05) is 44.5 Å². The molecule has 0 saturated heterocycles. The van der Waals surface area contributed by atoms with Crippen LogP contribution >= 0.6 is 0 Å². The van der Waals surface area contributed by atoms with Crippen molar-refractivity contribution >= 4 is 21.6 Å². The molecule has 2 aromatic carbocycles. The number of anilines is 1. The van der Waals surface area contributed by atoms with Crippen LogP contribution in [0.4, 0.5) is 5.69 Å². The lowest BCUT2D eigenvalue weighted by Crippen LogP contribution is -2.49. The molecule has 1 aromatic heterocycles. The Kier molecular flexibility index (Phi) is 9.02. The Morgan fingerprint density at radius 2 is 1.98 bits per heavy atom. The topological polar surface area (TPSA) is 126 Å². The number of hydrogen-bond acceptors (Lipinski definition) is 8. The quantitative estimate of drug-likeness (QED) is 0.380. The zero-order valence-electron chi connectivity index (χ0n) is 23.4. The predicted molar refractivity (Wildman–Crippen MR) is 151 cm³/mol. The fraction of sp³-hybridized carbons (Fsp3) is 0.429. The molecule has 0 fully saturated rings. The summed E-state index contributed by atoms with van der Waals surface area (Å²) >= 11 is 0. The standard InChI is InChI=1S/C28H37N5O6S/c1-19-13-33(20(2)17-34)28(35)24-12-22(30-40(36,37)27-16-32(4)18-29-27)8-11-25(24)39-26(19)15-31(3)14-21-6-9-23(38-5)10-7-21/h6-12,16,18-20,26,30,34H,13-15,17H2,1-5H3/t19-,20+,26+/m1/s1. The van der Waals surface area contributed by atoms with Crippen molar-refractivity contribution in [3.63, 3.8) is 0 Å². The van der Waals surface area contributed by atoms with Crippen molar-refractivity contribution in [3.8, 4) is 11.5 Å². The van der Waals surface area contributed by atoms with Gasteiger partial charge in [0.2, 0.25) is 0 Å². The highest BCUT2D eigenvalue weighted by Gasteiger charge is 2.34. The molecule has 4 rings (SSSR count). The van der Waals surface area contributed by atoms with Gasteiger partial charge in [0.15, 0.2) is 5.03 Å². The van der Waals surface area contributed by atoms with Crippen LogP contribution in [-0.4, -0.2) is 84.8 Å². The average Bonchev–Trinajstić information content (AvgIpc) is 3.38. The Bertz CT molecular complexity index is 1430. The van der Waals surface area contributed by atoms with Crippen LogP contribution in [0.5, 0.6) is 11.5 Å². The number of methoxy groups -OCH3 is 1. The van der Waals surface area contributed by atoms with E-state index in [9.17, 15) is 18.3 Å². The number of aryl methyl sites for hydroxylation is 1. The van der Waals surface area contributed by atoms with Crippen LogP contribution in [0, 0.1) is 5.92 Å². The maximum Gasteiger partial charge on any atom is 0.280 e. The number of nitrogens with one attached hydrogen (secondary N) is 1. The minimum Gasteiger partial charge on any atom is -0.497 e. The normalized spacial score (nSPS) is 18.5. The Hall–Kier alpha value is -3.61. The Morgan fingerprint density at radius 3 is 2.60 bits per heavy atom. The summed E-state index contributed by atoms with van der Waals surface area (Å²) in [6, 6.07) is 12.1. The smallest absolute Gasteiger partial charge is 0.280 e. The van der Waals surface area contributed by atoms with Gasteiger partial charge in [-0.05, 0) is 49.9 Å². The highest BCUT2D eigenvalue weighted by atomic mass is 32.2. The predicted octanol–water partition coefficient (Wildman–Crippen LogP) is 2.58. The van der Waals surface area contributed by atoms with Gasteiger partial charge in [-0.2, -0.15) is 8.42 Å². The van der Waals surface area contributed by atoms with E-state index in [0.29, 0.717) is 25.4 Å². The second-order valence-corrected chi connectivity index (χ2v) is 12.0. The molecule has 1 amide bonds. The van der Waals surface area contributed by atoms with Crippen LogP contribution in [0.3, 0.4) is 0 Å². The van der Waals surface area contributed by atoms with E-state index in [1.807, 2.05) is 38.2 Å². The molecule has 0 saturated carbocycles. The van der Waals surface area contributed by atoms with Crippen LogP contribution in [0.15, 0.2) is 60.0 Å². The zero-order valence-corrected chi connectivity index (χ0v) is 24.3. The summed E-state index contributed by atoms with van der Waals surface area (Å²) in [5.41, 5.74) is 1.55. The van der Waals surface area contributed by atoms with Gasteiger partial charge in [0.05, 0.1) is 31.6 Å². The van der Waals surface area contributed by atoms with Crippen LogP contribution in [0.2, 0.25) is 0 Å². The number of aliphatic hydroxyl groups is 1. The maximum absolute atomic E-state index is 13.7. The third-order valence-electron chi connectivity index (χ3n) is 6.98. The molecule has 2 heterocycles. The molecule has 1 aliphatic rings. The largest absolute Gasteiger partial charge is 0.497 e. The molecule has 0 aliphatic carbocycles. The Labute approximate surface area is 235 Å². The van der Waals surface area contributed by atoms with Gasteiger partial charge in [0.25, 0.3) is 15.9 Å². The minimum atomic E-state index is -3.96. The first-order valence-electron chi connectivity index (χ1n) is 13.1. The second-order valence-electron chi connectivity index (χ2n) is 10.4. The van der Waals surface area contributed by atoms with Crippen molar-refractivity contribution in [1.82, 2.24) is 19.4 Å². The second kappa shape index (κ2) is 12.3. The van der Waals surface area contributed by atoms with E-state index in [4.69, 9.17) is 9.47 Å². The number of nitrogens with zero attached hydrogens (tertiary/aromatic N) is 4. The SMILES string of the molecule is COc1ccc(CN(C)C[C@@H]2Oc3ccc(NS(=O)(=O)c4cn(C)cn4)cc3C(=O)N([C@@H](C)CO)C[C@H]2C)cc1. The molecular weight excluding hydrogens is 534 g/mol. The van der Waals surface area contributed by atoms with Gasteiger partial charge in [-0.25, -0.2) is 4.98 Å². The number of carbonyl (C=O) groups is 1. The number of sulfonamides is 1. The number of likely N-dealkylation sites (N-methyl/N-ethyl adjacent to an activating group) is 1. The van der Waals surface area contributed by atoms with E-state index in [1.165, 1.54) is 23.2 Å². The number of amides is 1. The lowest BCUT2D eigenvalue weighted by Gasteiger charge is -2.38. The summed E-state index contributed by atoms with van der Waals surface area (Å²) in [5, 5.41) is 9.78. The summed E-state index contributed by atoms with van der Waals surface area (Å²) in [5.74, 6) is 0.763. The first-order valence-corrected chi connectivity index (χ1v) is 14.5. The molecule has 2 N–H and O–H groups in total. The van der Waals surface area contributed by atoms with Gasteiger partial charge in [-0.15, -0.1) is 0 Å². The van der Waals surface area contributed by atoms with E-state index in [1.54, 1.807) is 38.1 Å². The van der Waals surface area contributed by atoms with Crippen LogP contribution in [0.25, 0.3) is 0 Å². The Morgan fingerprint density at radius 1 is 1.25 bits per heavy atom. The lowest BCUT2D eigenvalue weighted by atomic mass is 9.99. The number of benzene rings is 2. The highest BCUT2D eigenvalue weighted by Crippen LogP contribution is 2.31. The van der Waals surface area contributed by atoms with E-state index in [0.717, 1.165) is 11.3 Å². The van der Waals surface area contributed by atoms with Crippen LogP contribution in [-0.2, 0) is 23.6 Å². The molecule has 40 heavy (non-hydrogen) atoms. The van der Waals surface area contributed by atoms with Gasteiger partial charge in [0.1, 0.15) is 17.6 Å². The van der Waals surface area contributed by atoms with Gasteiger partial charge in [-0.3, -0.25) is 14.4 Å². The molecule has 0 unspecified atom stereocenters. The molecule has 0 radical (unpaired) electrons. The number of aliphatic hydroxyl groups excluding tert-OH is 1. The molecule has 0 spiro atoms. The minimum absolute atomic E-state index is 0.0493. The zero-order chi connectivity index (χ0) is 29.0. The van der Waals surface area contributed by atoms with Crippen molar-refractivity contribution in [2.45, 2.75) is 37.6 Å². The number of aromatic nitrogens is 2. The molecule has 11 nitrogen and oxygen atoms in total. The van der Waals surface area contributed by atoms with Gasteiger partial charge >= 0.3 is 0 Å². The number of carbonyl (C=O) groups excluding carboxylic acids is 1. The molecule has 12 heteroatoms. The lowest BCUT2D eigenvalue weighted by molar-refractivity contribution is 0.0341. The maximum atomic E-state index is 13.7. The van der Waals surface area contributed by atoms with E-state index >= 15 is 0 Å². The average molecular weight is 572 g/mol. The molecule has 216 valence electrons. The monoisotopic (exact) mass is 571 g/mol. The first kappa shape index (κ1) is 29.4. The van der Waals surface area contributed by atoms with Crippen LogP contribution < -0.4 is 14.2 Å². The summed E-state index contributed by atoms with van der Waals surface area (Å²) in [7, 11) is 1.36.